The van der Waals surface area contributed by atoms with E-state index < -0.39 is 12.0 Å². The lowest BCUT2D eigenvalue weighted by Gasteiger charge is -2.40. The van der Waals surface area contributed by atoms with Crippen LogP contribution in [-0.4, -0.2) is 26.0 Å². The number of anilines is 2. The molecule has 2 amide bonds. The molecule has 3 aromatic rings. The Kier molecular flexibility index (Phi) is 3.99. The highest BCUT2D eigenvalue weighted by Gasteiger charge is 2.50. The summed E-state index contributed by atoms with van der Waals surface area (Å²) in [6, 6.07) is 16.3. The SMILES string of the molecule is COc1ccc2c(c1OC)C(=O)N1c3ccccc3C(=O)N(c3ccccc3F)[C@@H]21. The molecule has 1 atom stereocenters. The number of benzene rings is 3. The monoisotopic (exact) mass is 404 g/mol. The highest BCUT2D eigenvalue weighted by Crippen LogP contribution is 2.51. The van der Waals surface area contributed by atoms with Crippen molar-refractivity contribution in [3.8, 4) is 11.5 Å². The van der Waals surface area contributed by atoms with Crippen molar-refractivity contribution in [2.75, 3.05) is 24.0 Å². The Morgan fingerprint density at radius 1 is 0.800 bits per heavy atom. The van der Waals surface area contributed by atoms with Crippen LogP contribution in [0.15, 0.2) is 60.7 Å². The highest BCUT2D eigenvalue weighted by atomic mass is 19.1. The van der Waals surface area contributed by atoms with Gasteiger partial charge in [-0.15, -0.1) is 0 Å². The topological polar surface area (TPSA) is 59.1 Å². The van der Waals surface area contributed by atoms with Gasteiger partial charge in [0.05, 0.1) is 36.7 Å². The Bertz CT molecular complexity index is 1210. The number of nitrogens with zero attached hydrogens (tertiary/aromatic N) is 2. The number of carbonyl (C=O) groups is 2. The molecule has 30 heavy (non-hydrogen) atoms. The molecule has 0 saturated heterocycles. The Morgan fingerprint density at radius 3 is 2.17 bits per heavy atom. The quantitative estimate of drug-likeness (QED) is 0.658. The summed E-state index contributed by atoms with van der Waals surface area (Å²) in [5.74, 6) is -0.583. The highest BCUT2D eigenvalue weighted by molar-refractivity contribution is 6.22. The Labute approximate surface area is 172 Å². The van der Waals surface area contributed by atoms with Crippen molar-refractivity contribution in [3.63, 3.8) is 0 Å². The zero-order valence-corrected chi connectivity index (χ0v) is 16.3. The Morgan fingerprint density at radius 2 is 1.47 bits per heavy atom. The smallest absolute Gasteiger partial charge is 0.264 e. The van der Waals surface area contributed by atoms with Gasteiger partial charge < -0.3 is 9.47 Å². The fourth-order valence-electron chi connectivity index (χ4n) is 4.24. The number of halogens is 1. The van der Waals surface area contributed by atoms with Gasteiger partial charge >= 0.3 is 0 Å². The molecule has 0 radical (unpaired) electrons. The molecular formula is C23H17FN2O4. The second-order valence-electron chi connectivity index (χ2n) is 6.96. The van der Waals surface area contributed by atoms with Gasteiger partial charge in [0, 0.05) is 5.56 Å². The summed E-state index contributed by atoms with van der Waals surface area (Å²) in [7, 11) is 2.94. The predicted molar refractivity (Wildman–Crippen MR) is 109 cm³/mol. The number of hydrogen-bond donors (Lipinski definition) is 0. The third-order valence-electron chi connectivity index (χ3n) is 5.50. The first kappa shape index (κ1) is 18.2. The average molecular weight is 404 g/mol. The standard InChI is InChI=1S/C23H17FN2O4/c1-29-18-12-11-14-19(20(18)30-2)23(28)25-16-9-5-3-7-13(16)22(27)26(21(14)25)17-10-6-4-8-15(17)24/h3-12,21H,1-2H3/t21-/m0/s1. The molecule has 0 spiro atoms. The molecule has 0 unspecified atom stereocenters. The molecular weight excluding hydrogens is 387 g/mol. The maximum Gasteiger partial charge on any atom is 0.264 e. The summed E-state index contributed by atoms with van der Waals surface area (Å²) in [5, 5.41) is 0. The molecule has 150 valence electrons. The van der Waals surface area contributed by atoms with E-state index in [4.69, 9.17) is 9.47 Å². The average Bonchev–Trinajstić information content (AvgIpc) is 3.07. The third kappa shape index (κ3) is 2.29. The molecule has 6 nitrogen and oxygen atoms in total. The number of para-hydroxylation sites is 2. The number of carbonyl (C=O) groups excluding carboxylic acids is 2. The summed E-state index contributed by atoms with van der Waals surface area (Å²) in [5.41, 5.74) is 1.74. The lowest BCUT2D eigenvalue weighted by molar-refractivity contribution is 0.0947. The van der Waals surface area contributed by atoms with Gasteiger partial charge in [-0.05, 0) is 30.3 Å². The van der Waals surface area contributed by atoms with E-state index in [1.807, 2.05) is 0 Å². The van der Waals surface area contributed by atoms with Gasteiger partial charge in [0.1, 0.15) is 12.0 Å². The van der Waals surface area contributed by atoms with Crippen LogP contribution in [0.1, 0.15) is 32.4 Å². The van der Waals surface area contributed by atoms with Crippen molar-refractivity contribution in [2.24, 2.45) is 0 Å². The molecule has 0 fully saturated rings. The van der Waals surface area contributed by atoms with E-state index in [2.05, 4.69) is 0 Å². The zero-order valence-electron chi connectivity index (χ0n) is 16.3. The van der Waals surface area contributed by atoms with E-state index in [1.165, 1.54) is 36.2 Å². The van der Waals surface area contributed by atoms with Crippen LogP contribution in [0.3, 0.4) is 0 Å². The van der Waals surface area contributed by atoms with E-state index in [1.54, 1.807) is 48.5 Å². The second-order valence-corrected chi connectivity index (χ2v) is 6.96. The summed E-state index contributed by atoms with van der Waals surface area (Å²) in [6.45, 7) is 0. The van der Waals surface area contributed by atoms with Gasteiger partial charge in [-0.1, -0.05) is 30.3 Å². The minimum atomic E-state index is -0.841. The summed E-state index contributed by atoms with van der Waals surface area (Å²) < 4.78 is 25.6. The first-order valence-electron chi connectivity index (χ1n) is 9.34. The van der Waals surface area contributed by atoms with Crippen LogP contribution in [0.25, 0.3) is 0 Å². The maximum absolute atomic E-state index is 14.8. The number of amides is 2. The van der Waals surface area contributed by atoms with Crippen molar-refractivity contribution in [1.29, 1.82) is 0 Å². The van der Waals surface area contributed by atoms with E-state index in [0.717, 1.165) is 0 Å². The van der Waals surface area contributed by atoms with Gasteiger partial charge in [0.15, 0.2) is 11.5 Å². The minimum Gasteiger partial charge on any atom is -0.493 e. The maximum atomic E-state index is 14.8. The first-order valence-corrected chi connectivity index (χ1v) is 9.34. The third-order valence-corrected chi connectivity index (χ3v) is 5.50. The summed E-state index contributed by atoms with van der Waals surface area (Å²) in [6.07, 6.45) is -0.841. The number of ether oxygens (including phenoxy) is 2. The summed E-state index contributed by atoms with van der Waals surface area (Å²) in [4.78, 5) is 29.9. The molecule has 3 aromatic carbocycles. The van der Waals surface area contributed by atoms with Gasteiger partial charge in [0.2, 0.25) is 0 Å². The van der Waals surface area contributed by atoms with Crippen LogP contribution in [-0.2, 0) is 0 Å². The molecule has 7 heteroatoms. The lowest BCUT2D eigenvalue weighted by Crippen LogP contribution is -2.48. The van der Waals surface area contributed by atoms with Crippen LogP contribution in [0.2, 0.25) is 0 Å². The summed E-state index contributed by atoms with van der Waals surface area (Å²) >= 11 is 0. The second kappa shape index (κ2) is 6.59. The predicted octanol–water partition coefficient (Wildman–Crippen LogP) is 4.16. The van der Waals surface area contributed by atoms with E-state index >= 15 is 0 Å². The molecule has 0 saturated carbocycles. The Balaban J connectivity index is 1.83. The van der Waals surface area contributed by atoms with Crippen LogP contribution < -0.4 is 19.3 Å². The Hall–Kier alpha value is -3.87. The molecule has 0 aromatic heterocycles. The van der Waals surface area contributed by atoms with Gasteiger partial charge in [-0.25, -0.2) is 4.39 Å². The van der Waals surface area contributed by atoms with Crippen LogP contribution in [0.4, 0.5) is 15.8 Å². The fraction of sp³-hybridized carbons (Fsp3) is 0.130. The van der Waals surface area contributed by atoms with Gasteiger partial charge in [-0.3, -0.25) is 19.4 Å². The molecule has 2 heterocycles. The van der Waals surface area contributed by atoms with E-state index in [9.17, 15) is 14.0 Å². The zero-order chi connectivity index (χ0) is 21.0. The largest absolute Gasteiger partial charge is 0.493 e. The molecule has 2 aliphatic heterocycles. The van der Waals surface area contributed by atoms with Gasteiger partial charge in [-0.2, -0.15) is 0 Å². The van der Waals surface area contributed by atoms with Crippen LogP contribution in [0, 0.1) is 5.82 Å². The van der Waals surface area contributed by atoms with Crippen molar-refractivity contribution in [2.45, 2.75) is 6.17 Å². The fourth-order valence-corrected chi connectivity index (χ4v) is 4.24. The normalized spacial score (nSPS) is 16.8. The number of rotatable bonds is 3. The van der Waals surface area contributed by atoms with E-state index in [-0.39, 0.29) is 23.3 Å². The number of hydrogen-bond acceptors (Lipinski definition) is 4. The van der Waals surface area contributed by atoms with Crippen molar-refractivity contribution in [3.05, 3.63) is 83.2 Å². The molecule has 0 N–H and O–H groups in total. The first-order chi connectivity index (χ1) is 14.6. The van der Waals surface area contributed by atoms with Crippen molar-refractivity contribution >= 4 is 23.2 Å². The van der Waals surface area contributed by atoms with E-state index in [0.29, 0.717) is 28.1 Å². The molecule has 2 aliphatic rings. The van der Waals surface area contributed by atoms with Crippen LogP contribution in [0.5, 0.6) is 11.5 Å². The van der Waals surface area contributed by atoms with Gasteiger partial charge in [0.25, 0.3) is 11.8 Å². The van der Waals surface area contributed by atoms with Crippen molar-refractivity contribution < 1.29 is 23.5 Å². The number of fused-ring (bicyclic) bond motifs is 5. The lowest BCUT2D eigenvalue weighted by atomic mass is 10.0. The minimum absolute atomic E-state index is 0.0995. The molecule has 0 aliphatic carbocycles. The molecule has 5 rings (SSSR count). The van der Waals surface area contributed by atoms with Crippen LogP contribution >= 0.6 is 0 Å². The molecule has 0 bridgehead atoms. The number of methoxy groups -OCH3 is 2. The van der Waals surface area contributed by atoms with Crippen molar-refractivity contribution in [1.82, 2.24) is 0 Å².